The van der Waals surface area contributed by atoms with E-state index in [1.807, 2.05) is 4.90 Å². The van der Waals surface area contributed by atoms with Crippen molar-refractivity contribution in [3.8, 4) is 5.75 Å². The van der Waals surface area contributed by atoms with Crippen molar-refractivity contribution in [1.29, 1.82) is 0 Å². The summed E-state index contributed by atoms with van der Waals surface area (Å²) in [6.45, 7) is 2.57. The first-order valence-corrected chi connectivity index (χ1v) is 12.3. The van der Waals surface area contributed by atoms with Crippen LogP contribution in [0, 0.1) is 0 Å². The van der Waals surface area contributed by atoms with Crippen molar-refractivity contribution in [2.75, 3.05) is 18.0 Å². The lowest BCUT2D eigenvalue weighted by Gasteiger charge is -2.32. The van der Waals surface area contributed by atoms with Crippen LogP contribution in [-0.4, -0.2) is 50.5 Å². The zero-order chi connectivity index (χ0) is 24.5. The van der Waals surface area contributed by atoms with Gasteiger partial charge in [-0.15, -0.1) is 11.8 Å². The van der Waals surface area contributed by atoms with Crippen molar-refractivity contribution in [2.24, 2.45) is 0 Å². The van der Waals surface area contributed by atoms with Gasteiger partial charge in [-0.2, -0.15) is 18.2 Å². The van der Waals surface area contributed by atoms with Gasteiger partial charge in [0.15, 0.2) is 10.8 Å². The number of rotatable bonds is 7. The number of anilines is 1. The molecule has 1 saturated heterocycles. The lowest BCUT2D eigenvalue weighted by molar-refractivity contribution is -0.139. The number of aromatic nitrogens is 3. The number of ether oxygens (including phenoxy) is 1. The van der Waals surface area contributed by atoms with Gasteiger partial charge in [0.1, 0.15) is 22.4 Å². The number of thioether (sulfide) groups is 1. The third-order valence-electron chi connectivity index (χ3n) is 5.32. The van der Waals surface area contributed by atoms with Crippen LogP contribution in [0.1, 0.15) is 31.2 Å². The number of fused-ring (bicyclic) bond motifs is 1. The number of carboxylic acids is 1. The zero-order valence-electron chi connectivity index (χ0n) is 18.0. The van der Waals surface area contributed by atoms with E-state index in [0.29, 0.717) is 47.2 Å². The number of nitrogens with zero attached hydrogens (tertiary/aromatic N) is 3. The van der Waals surface area contributed by atoms with E-state index in [1.54, 1.807) is 6.92 Å². The van der Waals surface area contributed by atoms with E-state index < -0.39 is 23.0 Å². The summed E-state index contributed by atoms with van der Waals surface area (Å²) < 4.78 is 45.7. The molecular weight excluding hydrogens is 493 g/mol. The van der Waals surface area contributed by atoms with E-state index in [9.17, 15) is 22.8 Å². The second-order valence-electron chi connectivity index (χ2n) is 7.75. The minimum Gasteiger partial charge on any atom is -0.490 e. The van der Waals surface area contributed by atoms with Gasteiger partial charge in [-0.3, -0.25) is 9.59 Å². The molecule has 2 N–H and O–H groups in total. The highest BCUT2D eigenvalue weighted by Gasteiger charge is 2.35. The average Bonchev–Trinajstić information content (AvgIpc) is 3.22. The van der Waals surface area contributed by atoms with E-state index in [1.165, 1.54) is 29.5 Å². The van der Waals surface area contributed by atoms with Crippen molar-refractivity contribution in [3.05, 3.63) is 46.0 Å². The summed E-state index contributed by atoms with van der Waals surface area (Å²) >= 11 is 2.34. The Morgan fingerprint density at radius 2 is 2.03 bits per heavy atom. The molecule has 3 aromatic rings. The number of H-pyrrole nitrogens is 1. The van der Waals surface area contributed by atoms with Crippen LogP contribution < -0.4 is 15.2 Å². The molecule has 0 spiro atoms. The third kappa shape index (κ3) is 5.46. The van der Waals surface area contributed by atoms with Crippen molar-refractivity contribution in [2.45, 2.75) is 43.0 Å². The Kier molecular flexibility index (Phi) is 7.03. The molecule has 1 unspecified atom stereocenters. The number of hydrogen-bond donors (Lipinski definition) is 2. The molecule has 1 aromatic carbocycles. The molecule has 0 bridgehead atoms. The first-order chi connectivity index (χ1) is 16.1. The summed E-state index contributed by atoms with van der Waals surface area (Å²) in [6, 6.07) is 5.18. The fourth-order valence-electron chi connectivity index (χ4n) is 3.50. The lowest BCUT2D eigenvalue weighted by Crippen LogP contribution is -2.38. The molecule has 3 heterocycles. The summed E-state index contributed by atoms with van der Waals surface area (Å²) in [6.07, 6.45) is -3.85. The Labute approximate surface area is 200 Å². The van der Waals surface area contributed by atoms with Crippen LogP contribution in [0.25, 0.3) is 10.3 Å². The summed E-state index contributed by atoms with van der Waals surface area (Å²) in [5.41, 5.74) is -0.838. The van der Waals surface area contributed by atoms with Crippen LogP contribution in [0.2, 0.25) is 0 Å². The molecule has 1 fully saturated rings. The Morgan fingerprint density at radius 1 is 1.32 bits per heavy atom. The third-order valence-corrected chi connectivity index (χ3v) is 7.57. The number of aliphatic carboxylic acids is 1. The zero-order valence-corrected chi connectivity index (χ0v) is 19.6. The molecule has 2 aromatic heterocycles. The van der Waals surface area contributed by atoms with Crippen molar-refractivity contribution in [1.82, 2.24) is 15.0 Å². The first-order valence-electron chi connectivity index (χ1n) is 10.4. The number of halogens is 3. The van der Waals surface area contributed by atoms with Crippen LogP contribution in [0.5, 0.6) is 5.75 Å². The quantitative estimate of drug-likeness (QED) is 0.484. The van der Waals surface area contributed by atoms with E-state index in [2.05, 4.69) is 15.0 Å². The number of aromatic amines is 1. The maximum absolute atomic E-state index is 13.2. The molecular formula is C21H21F3N4O4S2. The molecule has 0 saturated carbocycles. The second kappa shape index (κ2) is 9.82. The van der Waals surface area contributed by atoms with Gasteiger partial charge >= 0.3 is 12.1 Å². The molecule has 0 amide bonds. The SMILES string of the molecule is CC(SCc1nc2nc(N3CCC(Oc4ccccc4C(F)(F)F)CC3)sc2c(=O)[nH]1)C(=O)O. The molecule has 1 aliphatic rings. The average molecular weight is 515 g/mol. The molecule has 1 aliphatic heterocycles. The maximum atomic E-state index is 13.2. The highest BCUT2D eigenvalue weighted by molar-refractivity contribution is 7.99. The largest absolute Gasteiger partial charge is 0.490 e. The minimum absolute atomic E-state index is 0.174. The van der Waals surface area contributed by atoms with E-state index in [4.69, 9.17) is 9.84 Å². The molecule has 34 heavy (non-hydrogen) atoms. The number of thiazole rings is 1. The van der Waals surface area contributed by atoms with Crippen molar-refractivity contribution >= 4 is 44.5 Å². The van der Waals surface area contributed by atoms with Crippen molar-refractivity contribution < 1.29 is 27.8 Å². The Balaban J connectivity index is 1.42. The van der Waals surface area contributed by atoms with Gasteiger partial charge < -0.3 is 19.7 Å². The second-order valence-corrected chi connectivity index (χ2v) is 10.1. The lowest BCUT2D eigenvalue weighted by atomic mass is 10.1. The maximum Gasteiger partial charge on any atom is 0.419 e. The van der Waals surface area contributed by atoms with Crippen molar-refractivity contribution in [3.63, 3.8) is 0 Å². The predicted molar refractivity (Wildman–Crippen MR) is 124 cm³/mol. The van der Waals surface area contributed by atoms with E-state index in [0.717, 1.165) is 17.8 Å². The normalized spacial score (nSPS) is 16.1. The summed E-state index contributed by atoms with van der Waals surface area (Å²) in [7, 11) is 0. The topological polar surface area (TPSA) is 108 Å². The van der Waals surface area contributed by atoms with Crippen LogP contribution in [0.4, 0.5) is 18.3 Å². The van der Waals surface area contributed by atoms with Gasteiger partial charge in [-0.25, -0.2) is 4.98 Å². The number of para-hydroxylation sites is 1. The number of carboxylic acid groups (broad SMARTS) is 1. The molecule has 0 radical (unpaired) electrons. The Bertz CT molecular complexity index is 1240. The van der Waals surface area contributed by atoms with Gasteiger partial charge in [0.05, 0.1) is 16.6 Å². The summed E-state index contributed by atoms with van der Waals surface area (Å²) in [4.78, 5) is 36.9. The molecule has 1 atom stereocenters. The summed E-state index contributed by atoms with van der Waals surface area (Å²) in [5, 5.41) is 8.96. The Hall–Kier alpha value is -2.80. The van der Waals surface area contributed by atoms with Crippen LogP contribution in [-0.2, 0) is 16.7 Å². The van der Waals surface area contributed by atoms with Gasteiger partial charge in [-0.05, 0) is 19.1 Å². The van der Waals surface area contributed by atoms with E-state index >= 15 is 0 Å². The van der Waals surface area contributed by atoms with E-state index in [-0.39, 0.29) is 23.2 Å². The fraction of sp³-hybridized carbons (Fsp3) is 0.429. The highest BCUT2D eigenvalue weighted by Crippen LogP contribution is 2.37. The fourth-order valence-corrected chi connectivity index (χ4v) is 5.14. The number of hydrogen-bond acceptors (Lipinski definition) is 8. The number of alkyl halides is 3. The molecule has 8 nitrogen and oxygen atoms in total. The predicted octanol–water partition coefficient (Wildman–Crippen LogP) is 4.15. The van der Waals surface area contributed by atoms with Gasteiger partial charge in [0.25, 0.3) is 5.56 Å². The standard InChI is InChI=1S/C21H21F3N4O4S2/c1-11(19(30)31)33-10-15-25-17-16(18(29)26-15)34-20(27-17)28-8-6-12(7-9-28)32-14-5-3-2-4-13(14)21(22,23)24/h2-5,11-12H,6-10H2,1H3,(H,30,31)(H,25,26,29). The number of piperidine rings is 1. The smallest absolute Gasteiger partial charge is 0.419 e. The van der Waals surface area contributed by atoms with Crippen LogP contribution in [0.15, 0.2) is 29.1 Å². The Morgan fingerprint density at radius 3 is 2.71 bits per heavy atom. The van der Waals surface area contributed by atoms with Gasteiger partial charge in [0, 0.05) is 25.9 Å². The monoisotopic (exact) mass is 514 g/mol. The highest BCUT2D eigenvalue weighted by atomic mass is 32.2. The van der Waals surface area contributed by atoms with Gasteiger partial charge in [0.2, 0.25) is 0 Å². The molecule has 4 rings (SSSR count). The summed E-state index contributed by atoms with van der Waals surface area (Å²) in [5.74, 6) is -0.540. The number of benzene rings is 1. The first kappa shape index (κ1) is 24.3. The van der Waals surface area contributed by atoms with Crippen LogP contribution >= 0.6 is 23.1 Å². The van der Waals surface area contributed by atoms with Gasteiger partial charge in [-0.1, -0.05) is 23.5 Å². The number of nitrogens with one attached hydrogen (secondary N) is 1. The molecule has 182 valence electrons. The molecule has 0 aliphatic carbocycles. The number of carbonyl (C=O) groups is 1. The molecule has 13 heteroatoms. The minimum atomic E-state index is -4.48. The van der Waals surface area contributed by atoms with Crippen LogP contribution in [0.3, 0.4) is 0 Å².